The highest BCUT2D eigenvalue weighted by molar-refractivity contribution is 5.42. The summed E-state index contributed by atoms with van der Waals surface area (Å²) < 4.78 is 9.89. The van der Waals surface area contributed by atoms with Crippen LogP contribution in [0.1, 0.15) is 18.9 Å². The SMILES string of the molecule is CC(O)c1noc(-c2ccco2)n1. The third-order valence-corrected chi connectivity index (χ3v) is 1.55. The molecule has 2 aromatic rings. The fourth-order valence-corrected chi connectivity index (χ4v) is 0.905. The zero-order valence-corrected chi connectivity index (χ0v) is 6.97. The number of aliphatic hydroxyl groups excluding tert-OH is 1. The van der Waals surface area contributed by atoms with Gasteiger partial charge in [0.05, 0.1) is 6.26 Å². The Morgan fingerprint density at radius 1 is 1.54 bits per heavy atom. The van der Waals surface area contributed by atoms with Crippen LogP contribution in [0.4, 0.5) is 0 Å². The minimum Gasteiger partial charge on any atom is -0.459 e. The predicted molar refractivity (Wildman–Crippen MR) is 42.6 cm³/mol. The van der Waals surface area contributed by atoms with Crippen molar-refractivity contribution in [1.82, 2.24) is 10.1 Å². The minimum absolute atomic E-state index is 0.256. The van der Waals surface area contributed by atoms with Crippen molar-refractivity contribution in [2.45, 2.75) is 13.0 Å². The molecule has 5 nitrogen and oxygen atoms in total. The smallest absolute Gasteiger partial charge is 0.293 e. The molecule has 0 saturated heterocycles. The lowest BCUT2D eigenvalue weighted by Gasteiger charge is -1.91. The number of hydrogen-bond acceptors (Lipinski definition) is 5. The van der Waals surface area contributed by atoms with Gasteiger partial charge in [0.15, 0.2) is 5.76 Å². The highest BCUT2D eigenvalue weighted by atomic mass is 16.5. The Morgan fingerprint density at radius 3 is 2.92 bits per heavy atom. The standard InChI is InChI=1S/C8H8N2O3/c1-5(11)7-9-8(13-10-7)6-3-2-4-12-6/h2-5,11H,1H3. The Bertz CT molecular complexity index is 378. The van der Waals surface area contributed by atoms with Crippen molar-refractivity contribution >= 4 is 0 Å². The number of hydrogen-bond donors (Lipinski definition) is 1. The molecule has 0 aliphatic carbocycles. The van der Waals surface area contributed by atoms with Crippen LogP contribution in [0, 0.1) is 0 Å². The molecule has 0 fully saturated rings. The molecular formula is C8H8N2O3. The number of rotatable bonds is 2. The predicted octanol–water partition coefficient (Wildman–Crippen LogP) is 1.38. The van der Waals surface area contributed by atoms with E-state index in [0.717, 1.165) is 0 Å². The Balaban J connectivity index is 2.33. The zero-order valence-electron chi connectivity index (χ0n) is 6.97. The van der Waals surface area contributed by atoms with E-state index in [-0.39, 0.29) is 11.7 Å². The summed E-state index contributed by atoms with van der Waals surface area (Å²) in [7, 11) is 0. The highest BCUT2D eigenvalue weighted by Crippen LogP contribution is 2.18. The zero-order chi connectivity index (χ0) is 9.26. The maximum absolute atomic E-state index is 9.12. The first-order valence-electron chi connectivity index (χ1n) is 3.83. The maximum atomic E-state index is 9.12. The van der Waals surface area contributed by atoms with Gasteiger partial charge < -0.3 is 14.0 Å². The molecule has 0 aliphatic rings. The van der Waals surface area contributed by atoms with E-state index in [0.29, 0.717) is 5.76 Å². The molecule has 2 heterocycles. The second-order valence-electron chi connectivity index (χ2n) is 2.61. The summed E-state index contributed by atoms with van der Waals surface area (Å²) in [5.74, 6) is 1.03. The van der Waals surface area contributed by atoms with E-state index in [4.69, 9.17) is 14.0 Å². The van der Waals surface area contributed by atoms with E-state index < -0.39 is 6.10 Å². The van der Waals surface area contributed by atoms with Gasteiger partial charge in [-0.05, 0) is 19.1 Å². The fraction of sp³-hybridized carbons (Fsp3) is 0.250. The molecule has 0 aromatic carbocycles. The van der Waals surface area contributed by atoms with Gasteiger partial charge in [0.25, 0.3) is 5.89 Å². The first-order chi connectivity index (χ1) is 6.27. The molecule has 2 rings (SSSR count). The second kappa shape index (κ2) is 3.02. The van der Waals surface area contributed by atoms with Crippen LogP contribution < -0.4 is 0 Å². The van der Waals surface area contributed by atoms with Crippen LogP contribution in [0.15, 0.2) is 27.3 Å². The second-order valence-corrected chi connectivity index (χ2v) is 2.61. The molecule has 13 heavy (non-hydrogen) atoms. The van der Waals surface area contributed by atoms with E-state index in [9.17, 15) is 0 Å². The van der Waals surface area contributed by atoms with Gasteiger partial charge in [-0.2, -0.15) is 4.98 Å². The van der Waals surface area contributed by atoms with Crippen LogP contribution in [0.2, 0.25) is 0 Å². The van der Waals surface area contributed by atoms with Gasteiger partial charge in [-0.15, -0.1) is 0 Å². The quantitative estimate of drug-likeness (QED) is 0.755. The molecule has 2 aromatic heterocycles. The maximum Gasteiger partial charge on any atom is 0.293 e. The summed E-state index contributed by atoms with van der Waals surface area (Å²) in [5, 5.41) is 12.7. The lowest BCUT2D eigenvalue weighted by molar-refractivity contribution is 0.184. The van der Waals surface area contributed by atoms with Crippen molar-refractivity contribution in [2.75, 3.05) is 0 Å². The lowest BCUT2D eigenvalue weighted by Crippen LogP contribution is -1.92. The van der Waals surface area contributed by atoms with Crippen LogP contribution in [-0.4, -0.2) is 15.2 Å². The number of aromatic nitrogens is 2. The monoisotopic (exact) mass is 180 g/mol. The Morgan fingerprint density at radius 2 is 2.38 bits per heavy atom. The van der Waals surface area contributed by atoms with E-state index in [2.05, 4.69) is 10.1 Å². The van der Waals surface area contributed by atoms with Crippen LogP contribution in [0.25, 0.3) is 11.7 Å². The third kappa shape index (κ3) is 1.46. The molecule has 1 atom stereocenters. The summed E-state index contributed by atoms with van der Waals surface area (Å²) in [6.07, 6.45) is 0.786. The van der Waals surface area contributed by atoms with Crippen molar-refractivity contribution in [3.8, 4) is 11.7 Å². The van der Waals surface area contributed by atoms with Crippen LogP contribution in [0.5, 0.6) is 0 Å². The first-order valence-corrected chi connectivity index (χ1v) is 3.83. The molecule has 0 amide bonds. The number of nitrogens with zero attached hydrogens (tertiary/aromatic N) is 2. The molecule has 0 radical (unpaired) electrons. The van der Waals surface area contributed by atoms with Gasteiger partial charge in [0, 0.05) is 0 Å². The topological polar surface area (TPSA) is 72.3 Å². The molecule has 0 bridgehead atoms. The van der Waals surface area contributed by atoms with Crippen molar-refractivity contribution in [3.05, 3.63) is 24.2 Å². The molecule has 1 N–H and O–H groups in total. The van der Waals surface area contributed by atoms with Crippen molar-refractivity contribution < 1.29 is 14.0 Å². The molecule has 0 spiro atoms. The molecule has 68 valence electrons. The van der Waals surface area contributed by atoms with Gasteiger partial charge >= 0.3 is 0 Å². The first kappa shape index (κ1) is 8.00. The largest absolute Gasteiger partial charge is 0.459 e. The number of aliphatic hydroxyl groups is 1. The molecule has 5 heteroatoms. The van der Waals surface area contributed by atoms with Crippen molar-refractivity contribution in [1.29, 1.82) is 0 Å². The molecule has 0 saturated carbocycles. The van der Waals surface area contributed by atoms with Crippen LogP contribution >= 0.6 is 0 Å². The van der Waals surface area contributed by atoms with E-state index in [1.807, 2.05) is 0 Å². The van der Waals surface area contributed by atoms with Gasteiger partial charge in [-0.3, -0.25) is 0 Å². The molecular weight excluding hydrogens is 172 g/mol. The van der Waals surface area contributed by atoms with Gasteiger partial charge in [-0.1, -0.05) is 5.16 Å². The molecule has 1 unspecified atom stereocenters. The summed E-state index contributed by atoms with van der Waals surface area (Å²) in [6, 6.07) is 3.43. The average molecular weight is 180 g/mol. The Labute approximate surface area is 74.0 Å². The Hall–Kier alpha value is -1.62. The van der Waals surface area contributed by atoms with E-state index in [1.54, 1.807) is 19.1 Å². The Kier molecular flexibility index (Phi) is 1.86. The van der Waals surface area contributed by atoms with Gasteiger partial charge in [-0.25, -0.2) is 0 Å². The summed E-state index contributed by atoms with van der Waals surface area (Å²) >= 11 is 0. The van der Waals surface area contributed by atoms with E-state index >= 15 is 0 Å². The average Bonchev–Trinajstić information content (AvgIpc) is 2.75. The lowest BCUT2D eigenvalue weighted by atomic mass is 10.4. The van der Waals surface area contributed by atoms with Crippen molar-refractivity contribution in [3.63, 3.8) is 0 Å². The fourth-order valence-electron chi connectivity index (χ4n) is 0.905. The minimum atomic E-state index is -0.729. The normalized spacial score (nSPS) is 13.1. The van der Waals surface area contributed by atoms with Crippen molar-refractivity contribution in [2.24, 2.45) is 0 Å². The summed E-state index contributed by atoms with van der Waals surface area (Å²) in [5.41, 5.74) is 0. The van der Waals surface area contributed by atoms with E-state index in [1.165, 1.54) is 6.26 Å². The molecule has 0 aliphatic heterocycles. The third-order valence-electron chi connectivity index (χ3n) is 1.55. The summed E-state index contributed by atoms with van der Waals surface area (Å²) in [6.45, 7) is 1.57. The van der Waals surface area contributed by atoms with Gasteiger partial charge in [0.2, 0.25) is 5.82 Å². The summed E-state index contributed by atoms with van der Waals surface area (Å²) in [4.78, 5) is 3.93. The van der Waals surface area contributed by atoms with Gasteiger partial charge in [0.1, 0.15) is 6.10 Å². The van der Waals surface area contributed by atoms with Crippen LogP contribution in [-0.2, 0) is 0 Å². The highest BCUT2D eigenvalue weighted by Gasteiger charge is 2.13. The number of furan rings is 1. The van der Waals surface area contributed by atoms with Crippen LogP contribution in [0.3, 0.4) is 0 Å².